The largest absolute Gasteiger partial charge is 0.339 e. The molecule has 0 radical (unpaired) electrons. The molecule has 0 aromatic heterocycles. The minimum atomic E-state index is 0.169. The van der Waals surface area contributed by atoms with Crippen LogP contribution >= 0.6 is 0 Å². The molecular weight excluding hydrogens is 234 g/mol. The Morgan fingerprint density at radius 1 is 1.16 bits per heavy atom. The Bertz CT molecular complexity index is 225. The summed E-state index contributed by atoms with van der Waals surface area (Å²) < 4.78 is 0. The topological polar surface area (TPSA) is 20.3 Å². The minimum Gasteiger partial charge on any atom is -0.339 e. The summed E-state index contributed by atoms with van der Waals surface area (Å²) in [4.78, 5) is 14.3. The number of hydrogen-bond acceptors (Lipinski definition) is 1. The van der Waals surface area contributed by atoms with Crippen LogP contribution in [0.25, 0.3) is 0 Å². The van der Waals surface area contributed by atoms with Crippen molar-refractivity contribution >= 4 is 5.91 Å². The molecule has 0 bridgehead atoms. The van der Waals surface area contributed by atoms with Crippen LogP contribution in [-0.4, -0.2) is 23.4 Å². The Morgan fingerprint density at radius 3 is 1.95 bits per heavy atom. The average Bonchev–Trinajstić information content (AvgIpc) is 2.82. The highest BCUT2D eigenvalue weighted by molar-refractivity contribution is 5.79. The van der Waals surface area contributed by atoms with Gasteiger partial charge < -0.3 is 4.90 Å². The number of nitrogens with zero attached hydrogens (tertiary/aromatic N) is 1. The van der Waals surface area contributed by atoms with Gasteiger partial charge in [0.1, 0.15) is 0 Å². The van der Waals surface area contributed by atoms with Crippen molar-refractivity contribution in [3.8, 4) is 0 Å². The summed E-state index contributed by atoms with van der Waals surface area (Å²) in [5.41, 5.74) is 0. The van der Waals surface area contributed by atoms with Gasteiger partial charge in [0.2, 0.25) is 5.91 Å². The Kier molecular flexibility index (Phi) is 12.4. The van der Waals surface area contributed by atoms with Crippen molar-refractivity contribution in [1.29, 1.82) is 0 Å². The Labute approximate surface area is 122 Å². The van der Waals surface area contributed by atoms with E-state index >= 15 is 0 Å². The zero-order valence-electron chi connectivity index (χ0n) is 14.8. The van der Waals surface area contributed by atoms with Crippen LogP contribution in [0.4, 0.5) is 0 Å². The third-order valence-corrected chi connectivity index (χ3v) is 3.91. The maximum absolute atomic E-state index is 12.2. The predicted octanol–water partition coefficient (Wildman–Crippen LogP) is 4.98. The summed E-state index contributed by atoms with van der Waals surface area (Å²) in [6, 6.07) is 0.448. The second-order valence-electron chi connectivity index (χ2n) is 5.38. The highest BCUT2D eigenvalue weighted by Crippen LogP contribution is 2.27. The maximum Gasteiger partial charge on any atom is 0.225 e. The van der Waals surface area contributed by atoms with Gasteiger partial charge in [-0.05, 0) is 25.2 Å². The number of hydrogen-bond donors (Lipinski definition) is 0. The second-order valence-corrected chi connectivity index (χ2v) is 5.38. The van der Waals surface area contributed by atoms with E-state index in [0.29, 0.717) is 17.9 Å². The first-order valence-corrected chi connectivity index (χ1v) is 8.27. The molecule has 2 heteroatoms. The van der Waals surface area contributed by atoms with Crippen LogP contribution < -0.4 is 0 Å². The third-order valence-electron chi connectivity index (χ3n) is 3.91. The van der Waals surface area contributed by atoms with Crippen LogP contribution in [0.1, 0.15) is 75.2 Å². The Hall–Kier alpha value is -0.530. The fourth-order valence-electron chi connectivity index (χ4n) is 2.29. The fourth-order valence-corrected chi connectivity index (χ4v) is 2.29. The lowest BCUT2D eigenvalue weighted by atomic mass is 9.96. The van der Waals surface area contributed by atoms with E-state index in [4.69, 9.17) is 0 Å². The first-order valence-electron chi connectivity index (χ1n) is 8.27. The first-order chi connectivity index (χ1) is 8.97. The van der Waals surface area contributed by atoms with Crippen molar-refractivity contribution in [2.45, 2.75) is 81.2 Å². The highest BCUT2D eigenvalue weighted by Gasteiger charge is 2.33. The van der Waals surface area contributed by atoms with E-state index in [9.17, 15) is 4.79 Å². The van der Waals surface area contributed by atoms with Crippen molar-refractivity contribution in [2.75, 3.05) is 6.54 Å². The van der Waals surface area contributed by atoms with Crippen LogP contribution in [0.3, 0.4) is 0 Å². The summed E-state index contributed by atoms with van der Waals surface area (Å²) in [5, 5.41) is 0. The number of likely N-dealkylation sites (tertiary alicyclic amines) is 1. The summed E-state index contributed by atoms with van der Waals surface area (Å²) >= 11 is 0. The molecule has 2 unspecified atom stereocenters. The van der Waals surface area contributed by atoms with Crippen molar-refractivity contribution in [3.05, 3.63) is 0 Å². The fraction of sp³-hybridized carbons (Fsp3) is 0.941. The molecule has 2 nitrogen and oxygen atoms in total. The van der Waals surface area contributed by atoms with Crippen molar-refractivity contribution in [1.82, 2.24) is 4.90 Å². The van der Waals surface area contributed by atoms with Gasteiger partial charge in [0.25, 0.3) is 0 Å². The molecule has 0 aliphatic carbocycles. The molecule has 0 spiro atoms. The molecule has 1 heterocycles. The van der Waals surface area contributed by atoms with Crippen LogP contribution in [-0.2, 0) is 4.79 Å². The number of rotatable bonds is 3. The Balaban J connectivity index is 0. The van der Waals surface area contributed by atoms with Gasteiger partial charge in [-0.3, -0.25) is 4.79 Å². The van der Waals surface area contributed by atoms with Crippen molar-refractivity contribution in [2.24, 2.45) is 17.8 Å². The van der Waals surface area contributed by atoms with E-state index in [1.807, 2.05) is 27.7 Å². The van der Waals surface area contributed by atoms with Gasteiger partial charge in [0, 0.05) is 18.5 Å². The van der Waals surface area contributed by atoms with E-state index in [2.05, 4.69) is 39.5 Å². The Morgan fingerprint density at radius 2 is 1.63 bits per heavy atom. The highest BCUT2D eigenvalue weighted by atomic mass is 16.2. The molecule has 0 aromatic rings. The number of carbonyl (C=O) groups is 1. The van der Waals surface area contributed by atoms with Crippen molar-refractivity contribution in [3.63, 3.8) is 0 Å². The van der Waals surface area contributed by atoms with E-state index < -0.39 is 0 Å². The van der Waals surface area contributed by atoms with E-state index in [1.54, 1.807) is 0 Å². The molecule has 1 saturated heterocycles. The van der Waals surface area contributed by atoms with Gasteiger partial charge in [-0.25, -0.2) is 0 Å². The van der Waals surface area contributed by atoms with E-state index in [1.165, 1.54) is 12.8 Å². The normalized spacial score (nSPS) is 23.2. The molecule has 19 heavy (non-hydrogen) atoms. The first kappa shape index (κ1) is 20.8. The molecule has 1 rings (SSSR count). The molecule has 1 amide bonds. The van der Waals surface area contributed by atoms with E-state index in [-0.39, 0.29) is 5.92 Å². The van der Waals surface area contributed by atoms with Crippen LogP contribution in [0, 0.1) is 17.8 Å². The average molecular weight is 271 g/mol. The lowest BCUT2D eigenvalue weighted by molar-refractivity contribution is -0.137. The standard InChI is InChI=1S/C13H25NO.2C2H6/c1-6-12-7-10(4)14(8-12)13(15)11(5)9(2)3;2*1-2/h9-12H,6-8H2,1-5H3;2*1-2H3/t10-,11?,12?;;/m1../s1. The molecule has 0 saturated carbocycles. The summed E-state index contributed by atoms with van der Waals surface area (Å²) in [7, 11) is 0. The van der Waals surface area contributed by atoms with Gasteiger partial charge in [0.15, 0.2) is 0 Å². The molecule has 3 atom stereocenters. The minimum absolute atomic E-state index is 0.169. The summed E-state index contributed by atoms with van der Waals surface area (Å²) in [6.45, 7) is 19.7. The predicted molar refractivity (Wildman–Crippen MR) is 86.3 cm³/mol. The molecule has 0 aromatic carbocycles. The number of amides is 1. The molecular formula is C17H37NO. The van der Waals surface area contributed by atoms with Gasteiger partial charge in [-0.1, -0.05) is 61.8 Å². The van der Waals surface area contributed by atoms with Gasteiger partial charge in [-0.2, -0.15) is 0 Å². The molecule has 1 aliphatic heterocycles. The van der Waals surface area contributed by atoms with Crippen molar-refractivity contribution < 1.29 is 4.79 Å². The monoisotopic (exact) mass is 271 g/mol. The lowest BCUT2D eigenvalue weighted by Gasteiger charge is -2.26. The zero-order chi connectivity index (χ0) is 15.6. The van der Waals surface area contributed by atoms with Gasteiger partial charge in [0.05, 0.1) is 0 Å². The van der Waals surface area contributed by atoms with Crippen LogP contribution in [0.2, 0.25) is 0 Å². The molecule has 1 aliphatic rings. The summed E-state index contributed by atoms with van der Waals surface area (Å²) in [6.07, 6.45) is 2.39. The molecule has 1 fully saturated rings. The number of carbonyl (C=O) groups excluding carboxylic acids is 1. The quantitative estimate of drug-likeness (QED) is 0.709. The second kappa shape index (κ2) is 11.3. The molecule has 116 valence electrons. The maximum atomic E-state index is 12.2. The molecule has 0 N–H and O–H groups in total. The van der Waals surface area contributed by atoms with Crippen LogP contribution in [0.15, 0.2) is 0 Å². The summed E-state index contributed by atoms with van der Waals surface area (Å²) in [5.74, 6) is 1.70. The van der Waals surface area contributed by atoms with E-state index in [0.717, 1.165) is 12.5 Å². The van der Waals surface area contributed by atoms with Crippen LogP contribution in [0.5, 0.6) is 0 Å². The van der Waals surface area contributed by atoms with Gasteiger partial charge in [-0.15, -0.1) is 0 Å². The van der Waals surface area contributed by atoms with Gasteiger partial charge >= 0.3 is 0 Å². The SMILES string of the molecule is CC.CC.CCC1C[C@@H](C)N(C(=O)C(C)C(C)C)C1. The lowest BCUT2D eigenvalue weighted by Crippen LogP contribution is -2.39. The third kappa shape index (κ3) is 6.44. The smallest absolute Gasteiger partial charge is 0.225 e. The zero-order valence-corrected chi connectivity index (χ0v) is 14.8.